The first-order chi connectivity index (χ1) is 10.8. The van der Waals surface area contributed by atoms with E-state index in [9.17, 15) is 8.42 Å². The average molecular weight is 340 g/mol. The van der Waals surface area contributed by atoms with Gasteiger partial charge in [0.25, 0.3) is 10.2 Å². The van der Waals surface area contributed by atoms with Gasteiger partial charge in [0.1, 0.15) is 0 Å². The van der Waals surface area contributed by atoms with E-state index in [0.717, 1.165) is 18.4 Å². The highest BCUT2D eigenvalue weighted by molar-refractivity contribution is 7.87. The van der Waals surface area contributed by atoms with E-state index in [4.69, 9.17) is 0 Å². The van der Waals surface area contributed by atoms with E-state index in [0.29, 0.717) is 19.0 Å². The Balaban J connectivity index is 2.13. The zero-order chi connectivity index (χ0) is 17.0. The molecule has 0 amide bonds. The third-order valence-electron chi connectivity index (χ3n) is 4.47. The normalized spacial score (nSPS) is 22.9. The number of hydrogen-bond acceptors (Lipinski definition) is 3. The predicted octanol–water partition coefficient (Wildman–Crippen LogP) is 2.24. The molecule has 3 atom stereocenters. The van der Waals surface area contributed by atoms with Gasteiger partial charge < -0.3 is 4.90 Å². The van der Waals surface area contributed by atoms with Gasteiger partial charge in [0, 0.05) is 19.1 Å². The average Bonchev–Trinajstić information content (AvgIpc) is 2.47. The number of benzene rings is 1. The first-order valence-corrected chi connectivity index (χ1v) is 9.74. The maximum atomic E-state index is 12.7. The molecule has 1 aromatic rings. The van der Waals surface area contributed by atoms with E-state index in [2.05, 4.69) is 16.5 Å². The first-order valence-electron chi connectivity index (χ1n) is 8.30. The highest BCUT2D eigenvalue weighted by atomic mass is 32.2. The Kier molecular flexibility index (Phi) is 6.19. The molecule has 5 nitrogen and oxygen atoms in total. The summed E-state index contributed by atoms with van der Waals surface area (Å²) in [5.41, 5.74) is 1.11. The maximum Gasteiger partial charge on any atom is 0.279 e. The van der Waals surface area contributed by atoms with Crippen molar-refractivity contribution in [3.05, 3.63) is 35.9 Å². The number of piperidine rings is 1. The van der Waals surface area contributed by atoms with Crippen molar-refractivity contribution in [1.29, 1.82) is 0 Å². The Hall–Kier alpha value is -0.950. The third kappa shape index (κ3) is 4.76. The number of nitrogens with one attached hydrogen (secondary N) is 1. The topological polar surface area (TPSA) is 52.7 Å². The Morgan fingerprint density at radius 3 is 2.48 bits per heavy atom. The maximum absolute atomic E-state index is 12.7. The summed E-state index contributed by atoms with van der Waals surface area (Å²) in [6.07, 6.45) is 2.04. The summed E-state index contributed by atoms with van der Waals surface area (Å²) in [5, 5.41) is 0. The zero-order valence-electron chi connectivity index (χ0n) is 14.6. The molecule has 1 saturated heterocycles. The van der Waals surface area contributed by atoms with Crippen molar-refractivity contribution in [2.45, 2.75) is 38.8 Å². The van der Waals surface area contributed by atoms with Gasteiger partial charge in [-0.05, 0) is 45.3 Å². The lowest BCUT2D eigenvalue weighted by Gasteiger charge is -2.35. The Morgan fingerprint density at radius 1 is 1.26 bits per heavy atom. The number of likely N-dealkylation sites (N-methyl/N-ethyl adjacent to an activating group) is 1. The van der Waals surface area contributed by atoms with Crippen LogP contribution in [0.5, 0.6) is 0 Å². The second-order valence-electron chi connectivity index (χ2n) is 6.84. The predicted molar refractivity (Wildman–Crippen MR) is 94.4 cm³/mol. The van der Waals surface area contributed by atoms with E-state index < -0.39 is 10.2 Å². The number of hydrogen-bond donors (Lipinski definition) is 1. The van der Waals surface area contributed by atoms with E-state index in [1.54, 1.807) is 4.31 Å². The highest BCUT2D eigenvalue weighted by Crippen LogP contribution is 2.24. The lowest BCUT2D eigenvalue weighted by atomic mass is 10.0. The Bertz CT molecular complexity index is 589. The van der Waals surface area contributed by atoms with Gasteiger partial charge in [-0.15, -0.1) is 0 Å². The van der Waals surface area contributed by atoms with Crippen molar-refractivity contribution in [1.82, 2.24) is 13.9 Å². The van der Waals surface area contributed by atoms with E-state index in [-0.39, 0.29) is 12.1 Å². The van der Waals surface area contributed by atoms with Gasteiger partial charge in [0.15, 0.2) is 0 Å². The molecule has 1 aliphatic rings. The van der Waals surface area contributed by atoms with Gasteiger partial charge in [-0.25, -0.2) is 0 Å². The van der Waals surface area contributed by atoms with Gasteiger partial charge >= 0.3 is 0 Å². The lowest BCUT2D eigenvalue weighted by Crippen LogP contribution is -2.50. The van der Waals surface area contributed by atoms with Gasteiger partial charge in [0.2, 0.25) is 0 Å². The molecule has 0 radical (unpaired) electrons. The smallest absolute Gasteiger partial charge is 0.279 e. The highest BCUT2D eigenvalue weighted by Gasteiger charge is 2.31. The van der Waals surface area contributed by atoms with E-state index in [1.165, 1.54) is 0 Å². The fourth-order valence-corrected chi connectivity index (χ4v) is 4.99. The van der Waals surface area contributed by atoms with Crippen LogP contribution in [0.1, 0.15) is 38.3 Å². The molecule has 1 fully saturated rings. The second-order valence-corrected chi connectivity index (χ2v) is 8.54. The molecule has 2 rings (SSSR count). The van der Waals surface area contributed by atoms with Crippen LogP contribution in [0.4, 0.5) is 0 Å². The molecule has 1 aromatic carbocycles. The SMILES string of the molecule is C[C@@H]1CCCN(S(=O)(=O)N[C@H](C)[C@H](c2ccccc2)N(C)C)C1. The van der Waals surface area contributed by atoms with Gasteiger partial charge in [-0.1, -0.05) is 37.3 Å². The van der Waals surface area contributed by atoms with Crippen LogP contribution in [0, 0.1) is 5.92 Å². The van der Waals surface area contributed by atoms with Crippen molar-refractivity contribution in [3.8, 4) is 0 Å². The molecule has 130 valence electrons. The molecule has 0 aliphatic carbocycles. The van der Waals surface area contributed by atoms with Gasteiger partial charge in [-0.3, -0.25) is 0 Å². The minimum absolute atomic E-state index is 0.00631. The molecular weight excluding hydrogens is 310 g/mol. The van der Waals surface area contributed by atoms with Crippen LogP contribution >= 0.6 is 0 Å². The van der Waals surface area contributed by atoms with Gasteiger partial charge in [0.05, 0.1) is 6.04 Å². The molecule has 23 heavy (non-hydrogen) atoms. The summed E-state index contributed by atoms with van der Waals surface area (Å²) >= 11 is 0. The first kappa shape index (κ1) is 18.4. The Labute approximate surface area is 140 Å². The van der Waals surface area contributed by atoms with E-state index >= 15 is 0 Å². The Morgan fingerprint density at radius 2 is 1.91 bits per heavy atom. The van der Waals surface area contributed by atoms with Crippen LogP contribution in [-0.4, -0.2) is 50.8 Å². The summed E-state index contributed by atoms with van der Waals surface area (Å²) in [5.74, 6) is 0.425. The largest absolute Gasteiger partial charge is 0.301 e. The summed E-state index contributed by atoms with van der Waals surface area (Å²) in [6.45, 7) is 5.27. The van der Waals surface area contributed by atoms with Crippen LogP contribution < -0.4 is 4.72 Å². The number of nitrogens with zero attached hydrogens (tertiary/aromatic N) is 2. The van der Waals surface area contributed by atoms with E-state index in [1.807, 2.05) is 51.4 Å². The number of rotatable bonds is 6. The molecule has 1 heterocycles. The van der Waals surface area contributed by atoms with Gasteiger partial charge in [-0.2, -0.15) is 17.4 Å². The van der Waals surface area contributed by atoms with Crippen LogP contribution in [-0.2, 0) is 10.2 Å². The summed E-state index contributed by atoms with van der Waals surface area (Å²) < 4.78 is 29.9. The lowest BCUT2D eigenvalue weighted by molar-refractivity contribution is 0.245. The molecule has 0 saturated carbocycles. The summed E-state index contributed by atoms with van der Waals surface area (Å²) in [4.78, 5) is 2.06. The fourth-order valence-electron chi connectivity index (χ4n) is 3.42. The van der Waals surface area contributed by atoms with Crippen molar-refractivity contribution in [2.75, 3.05) is 27.2 Å². The quantitative estimate of drug-likeness (QED) is 0.865. The second kappa shape index (κ2) is 7.75. The van der Waals surface area contributed by atoms with Crippen LogP contribution in [0.3, 0.4) is 0 Å². The van der Waals surface area contributed by atoms with Crippen molar-refractivity contribution >= 4 is 10.2 Å². The summed E-state index contributed by atoms with van der Waals surface area (Å²) in [7, 11) is 0.510. The molecule has 0 aromatic heterocycles. The molecule has 1 N–H and O–H groups in total. The zero-order valence-corrected chi connectivity index (χ0v) is 15.4. The minimum atomic E-state index is -3.45. The molecule has 0 spiro atoms. The van der Waals surface area contributed by atoms with Crippen molar-refractivity contribution in [2.24, 2.45) is 5.92 Å². The van der Waals surface area contributed by atoms with Crippen LogP contribution in [0.2, 0.25) is 0 Å². The monoisotopic (exact) mass is 339 g/mol. The molecule has 6 heteroatoms. The molecule has 0 unspecified atom stereocenters. The summed E-state index contributed by atoms with van der Waals surface area (Å²) in [6, 6.07) is 9.80. The fraction of sp³-hybridized carbons (Fsp3) is 0.647. The molecular formula is C17H29N3O2S. The molecule has 1 aliphatic heterocycles. The van der Waals surface area contributed by atoms with Crippen LogP contribution in [0.25, 0.3) is 0 Å². The van der Waals surface area contributed by atoms with Crippen molar-refractivity contribution in [3.63, 3.8) is 0 Å². The standard InChI is InChI=1S/C17H29N3O2S/c1-14-9-8-12-20(13-14)23(21,22)18-15(2)17(19(3)4)16-10-6-5-7-11-16/h5-7,10-11,14-15,17-18H,8-9,12-13H2,1-4H3/t14-,15-,17-/m1/s1. The third-order valence-corrected chi connectivity index (χ3v) is 6.15. The molecule has 0 bridgehead atoms. The minimum Gasteiger partial charge on any atom is -0.301 e. The van der Waals surface area contributed by atoms with Crippen molar-refractivity contribution < 1.29 is 8.42 Å². The van der Waals surface area contributed by atoms with Crippen LogP contribution in [0.15, 0.2) is 30.3 Å².